The fraction of sp³-hybridized carbons (Fsp3) is 0.290. The number of para-hydroxylation sites is 1. The van der Waals surface area contributed by atoms with E-state index in [1.165, 1.54) is 0 Å². The summed E-state index contributed by atoms with van der Waals surface area (Å²) >= 11 is 6.36. The lowest BCUT2D eigenvalue weighted by molar-refractivity contribution is -0.132. The van der Waals surface area contributed by atoms with Crippen molar-refractivity contribution in [3.05, 3.63) is 107 Å². The number of benzene rings is 3. The molecule has 198 valence electrons. The molecule has 0 radical (unpaired) electrons. The Morgan fingerprint density at radius 2 is 1.61 bits per heavy atom. The summed E-state index contributed by atoms with van der Waals surface area (Å²) in [6.07, 6.45) is 4.38. The number of hydrogen-bond acceptors (Lipinski definition) is 4. The minimum absolute atomic E-state index is 0.100. The first-order valence-corrected chi connectivity index (χ1v) is 13.3. The Kier molecular flexibility index (Phi) is 9.96. The van der Waals surface area contributed by atoms with Gasteiger partial charge in [0.25, 0.3) is 5.91 Å². The number of methoxy groups -OCH3 is 1. The van der Waals surface area contributed by atoms with Gasteiger partial charge >= 0.3 is 0 Å². The van der Waals surface area contributed by atoms with Crippen molar-refractivity contribution in [1.82, 2.24) is 14.7 Å². The Hall–Kier alpha value is -3.61. The van der Waals surface area contributed by atoms with Crippen LogP contribution in [-0.2, 0) is 11.2 Å². The van der Waals surface area contributed by atoms with E-state index >= 15 is 0 Å². The fourth-order valence-corrected chi connectivity index (χ4v) is 4.77. The van der Waals surface area contributed by atoms with Gasteiger partial charge in [-0.05, 0) is 23.8 Å². The Labute approximate surface area is 230 Å². The molecule has 0 spiro atoms. The van der Waals surface area contributed by atoms with Crippen LogP contribution in [0.3, 0.4) is 0 Å². The molecular formula is C31H34ClN3O3. The Morgan fingerprint density at radius 1 is 0.921 bits per heavy atom. The molecule has 0 bridgehead atoms. The number of carbonyl (C=O) groups excluding carboxylic acids is 2. The maximum atomic E-state index is 13.4. The summed E-state index contributed by atoms with van der Waals surface area (Å²) < 4.78 is 5.44. The minimum Gasteiger partial charge on any atom is -0.496 e. The van der Waals surface area contributed by atoms with Gasteiger partial charge in [0.15, 0.2) is 0 Å². The molecule has 0 N–H and O–H groups in total. The first-order chi connectivity index (χ1) is 18.5. The quantitative estimate of drug-likeness (QED) is 0.374. The lowest BCUT2D eigenvalue weighted by Gasteiger charge is -2.36. The van der Waals surface area contributed by atoms with Gasteiger partial charge in [0.2, 0.25) is 5.91 Å². The zero-order valence-electron chi connectivity index (χ0n) is 21.8. The van der Waals surface area contributed by atoms with E-state index in [9.17, 15) is 9.59 Å². The maximum absolute atomic E-state index is 13.4. The second kappa shape index (κ2) is 13.8. The predicted molar refractivity (Wildman–Crippen MR) is 153 cm³/mol. The van der Waals surface area contributed by atoms with Crippen LogP contribution >= 0.6 is 11.6 Å². The lowest BCUT2D eigenvalue weighted by Crippen LogP contribution is -2.51. The number of halogens is 1. The summed E-state index contributed by atoms with van der Waals surface area (Å²) in [4.78, 5) is 32.2. The molecule has 0 aromatic heterocycles. The molecule has 3 aromatic rings. The van der Waals surface area contributed by atoms with Crippen LogP contribution in [-0.4, -0.2) is 79.4 Å². The minimum atomic E-state index is -0.100. The highest BCUT2D eigenvalue weighted by Crippen LogP contribution is 2.20. The number of ether oxygens (including phenoxy) is 1. The van der Waals surface area contributed by atoms with Gasteiger partial charge in [-0.15, -0.1) is 0 Å². The van der Waals surface area contributed by atoms with Gasteiger partial charge < -0.3 is 14.5 Å². The molecular weight excluding hydrogens is 498 g/mol. The summed E-state index contributed by atoms with van der Waals surface area (Å²) in [6, 6.07) is 24.8. The second-order valence-corrected chi connectivity index (χ2v) is 9.67. The molecule has 1 aliphatic heterocycles. The number of amides is 2. The van der Waals surface area contributed by atoms with Crippen molar-refractivity contribution in [2.45, 2.75) is 6.42 Å². The van der Waals surface area contributed by atoms with E-state index < -0.39 is 0 Å². The molecule has 1 saturated heterocycles. The average Bonchev–Trinajstić information content (AvgIpc) is 2.95. The molecule has 1 heterocycles. The van der Waals surface area contributed by atoms with Crippen LogP contribution < -0.4 is 4.74 Å². The smallest absolute Gasteiger partial charge is 0.255 e. The summed E-state index contributed by atoms with van der Waals surface area (Å²) in [6.45, 7) is 4.67. The van der Waals surface area contributed by atoms with E-state index in [0.717, 1.165) is 36.5 Å². The third kappa shape index (κ3) is 7.46. The van der Waals surface area contributed by atoms with Crippen LogP contribution in [0, 0.1) is 0 Å². The van der Waals surface area contributed by atoms with Crippen molar-refractivity contribution < 1.29 is 14.3 Å². The van der Waals surface area contributed by atoms with Crippen LogP contribution in [0.15, 0.2) is 84.9 Å². The third-order valence-electron chi connectivity index (χ3n) is 6.76. The Morgan fingerprint density at radius 3 is 2.34 bits per heavy atom. The van der Waals surface area contributed by atoms with E-state index in [1.54, 1.807) is 19.2 Å². The molecule has 0 saturated carbocycles. The van der Waals surface area contributed by atoms with Crippen molar-refractivity contribution in [2.75, 3.05) is 52.9 Å². The SMILES string of the molecule is COc1ccccc1/C=C/CN(CCN1CCN(C(=O)Cc2ccccc2)CC1)C(=O)c1ccccc1Cl. The van der Waals surface area contributed by atoms with E-state index in [-0.39, 0.29) is 11.8 Å². The van der Waals surface area contributed by atoms with Crippen LogP contribution in [0.2, 0.25) is 5.02 Å². The van der Waals surface area contributed by atoms with Crippen molar-refractivity contribution >= 4 is 29.5 Å². The summed E-state index contributed by atoms with van der Waals surface area (Å²) in [5.41, 5.74) is 2.49. The molecule has 6 nitrogen and oxygen atoms in total. The number of hydrogen-bond donors (Lipinski definition) is 0. The molecule has 4 rings (SSSR count). The third-order valence-corrected chi connectivity index (χ3v) is 7.09. The molecule has 1 aliphatic rings. The van der Waals surface area contributed by atoms with Crippen molar-refractivity contribution in [3.63, 3.8) is 0 Å². The molecule has 0 atom stereocenters. The van der Waals surface area contributed by atoms with E-state index in [4.69, 9.17) is 16.3 Å². The number of nitrogens with zero attached hydrogens (tertiary/aromatic N) is 3. The zero-order valence-corrected chi connectivity index (χ0v) is 22.5. The molecule has 0 unspecified atom stereocenters. The summed E-state index contributed by atoms with van der Waals surface area (Å²) in [5.74, 6) is 0.845. The summed E-state index contributed by atoms with van der Waals surface area (Å²) in [7, 11) is 1.65. The Bertz CT molecular complexity index is 1240. The highest BCUT2D eigenvalue weighted by atomic mass is 35.5. The zero-order chi connectivity index (χ0) is 26.7. The average molecular weight is 532 g/mol. The summed E-state index contributed by atoms with van der Waals surface area (Å²) in [5, 5.41) is 0.446. The highest BCUT2D eigenvalue weighted by Gasteiger charge is 2.23. The topological polar surface area (TPSA) is 53.1 Å². The molecule has 1 fully saturated rings. The second-order valence-electron chi connectivity index (χ2n) is 9.26. The molecule has 2 amide bonds. The van der Waals surface area contributed by atoms with Gasteiger partial charge in [0.05, 0.1) is 24.1 Å². The Balaban J connectivity index is 1.36. The largest absolute Gasteiger partial charge is 0.496 e. The molecule has 38 heavy (non-hydrogen) atoms. The highest BCUT2D eigenvalue weighted by molar-refractivity contribution is 6.33. The molecule has 7 heteroatoms. The van der Waals surface area contributed by atoms with Gasteiger partial charge in [-0.25, -0.2) is 0 Å². The van der Waals surface area contributed by atoms with Gasteiger partial charge in [0.1, 0.15) is 5.75 Å². The van der Waals surface area contributed by atoms with Crippen molar-refractivity contribution in [2.24, 2.45) is 0 Å². The van der Waals surface area contributed by atoms with Gasteiger partial charge in [-0.3, -0.25) is 14.5 Å². The molecule has 3 aromatic carbocycles. The van der Waals surface area contributed by atoms with Crippen LogP contribution in [0.5, 0.6) is 5.75 Å². The van der Waals surface area contributed by atoms with Crippen molar-refractivity contribution in [3.8, 4) is 5.75 Å². The number of carbonyl (C=O) groups is 2. The standard InChI is InChI=1S/C31H34ClN3O3/c1-38-29-16-8-5-12-26(29)13-9-17-35(31(37)27-14-6-7-15-28(27)32)23-20-33-18-21-34(22-19-33)30(36)24-25-10-3-2-4-11-25/h2-16H,17-24H2,1H3/b13-9+. The fourth-order valence-electron chi connectivity index (χ4n) is 4.56. The maximum Gasteiger partial charge on any atom is 0.255 e. The monoisotopic (exact) mass is 531 g/mol. The number of rotatable bonds is 10. The predicted octanol–water partition coefficient (Wildman–Crippen LogP) is 4.89. The van der Waals surface area contributed by atoms with E-state index in [2.05, 4.69) is 4.90 Å². The van der Waals surface area contributed by atoms with Gasteiger partial charge in [-0.2, -0.15) is 0 Å². The van der Waals surface area contributed by atoms with Crippen LogP contribution in [0.4, 0.5) is 0 Å². The van der Waals surface area contributed by atoms with E-state index in [1.807, 2.05) is 88.7 Å². The van der Waals surface area contributed by atoms with Crippen LogP contribution in [0.25, 0.3) is 6.08 Å². The van der Waals surface area contributed by atoms with Gasteiger partial charge in [0, 0.05) is 51.4 Å². The van der Waals surface area contributed by atoms with Gasteiger partial charge in [-0.1, -0.05) is 84.4 Å². The first-order valence-electron chi connectivity index (χ1n) is 12.9. The van der Waals surface area contributed by atoms with Crippen molar-refractivity contribution in [1.29, 1.82) is 0 Å². The van der Waals surface area contributed by atoms with E-state index in [0.29, 0.717) is 43.2 Å². The molecule has 0 aliphatic carbocycles. The van der Waals surface area contributed by atoms with Crippen LogP contribution in [0.1, 0.15) is 21.5 Å². The number of piperazine rings is 1. The lowest BCUT2D eigenvalue weighted by atomic mass is 10.1. The normalized spacial score (nSPS) is 14.0. The first kappa shape index (κ1) is 27.4.